The Morgan fingerprint density at radius 2 is 1.63 bits per heavy atom. The van der Waals surface area contributed by atoms with Gasteiger partial charge in [0.15, 0.2) is 12.4 Å². The lowest BCUT2D eigenvalue weighted by atomic mass is 9.91. The maximum atomic E-state index is 12.2. The number of para-hydroxylation sites is 1. The van der Waals surface area contributed by atoms with Gasteiger partial charge in [0, 0.05) is 35.6 Å². The van der Waals surface area contributed by atoms with Crippen molar-refractivity contribution in [3.63, 3.8) is 0 Å². The topological polar surface area (TPSA) is 103 Å². The molecule has 41 heavy (non-hydrogen) atoms. The number of nitrogens with one attached hydrogen (secondary N) is 1. The molecule has 0 aliphatic carbocycles. The summed E-state index contributed by atoms with van der Waals surface area (Å²) in [4.78, 5) is 24.4. The highest BCUT2D eigenvalue weighted by Gasteiger charge is 2.38. The normalized spacial score (nSPS) is 21.1. The summed E-state index contributed by atoms with van der Waals surface area (Å²) in [5.74, 6) is 0.734. The third kappa shape index (κ3) is 8.10. The molecule has 3 aromatic rings. The molecule has 1 fully saturated rings. The van der Waals surface area contributed by atoms with E-state index < -0.39 is 18.4 Å². The summed E-state index contributed by atoms with van der Waals surface area (Å²) in [6.07, 6.45) is -1.78. The molecule has 8 nitrogen and oxygen atoms in total. The van der Waals surface area contributed by atoms with Crippen molar-refractivity contribution in [1.82, 2.24) is 5.32 Å². The summed E-state index contributed by atoms with van der Waals surface area (Å²) >= 11 is 1.69. The van der Waals surface area contributed by atoms with Gasteiger partial charge in [0.25, 0.3) is 5.91 Å². The lowest BCUT2D eigenvalue weighted by Gasteiger charge is -2.41. The van der Waals surface area contributed by atoms with Crippen LogP contribution in [0.2, 0.25) is 0 Å². The van der Waals surface area contributed by atoms with Crippen molar-refractivity contribution in [1.29, 1.82) is 0 Å². The molecule has 1 heterocycles. The third-order valence-corrected chi connectivity index (χ3v) is 8.17. The largest absolute Gasteiger partial charge is 0.496 e. The number of carbonyl (C=O) groups excluding carboxylic acids is 2. The van der Waals surface area contributed by atoms with E-state index in [0.717, 1.165) is 32.9 Å². The Labute approximate surface area is 245 Å². The van der Waals surface area contributed by atoms with Gasteiger partial charge in [-0.05, 0) is 35.7 Å². The van der Waals surface area contributed by atoms with E-state index in [-0.39, 0.29) is 30.6 Å². The monoisotopic (exact) mass is 579 g/mol. The van der Waals surface area contributed by atoms with E-state index in [1.54, 1.807) is 18.9 Å². The first kappa shape index (κ1) is 30.6. The zero-order chi connectivity index (χ0) is 29.4. The van der Waals surface area contributed by atoms with E-state index >= 15 is 0 Å². The Morgan fingerprint density at radius 1 is 0.976 bits per heavy atom. The van der Waals surface area contributed by atoms with Crippen LogP contribution < -0.4 is 10.1 Å². The minimum Gasteiger partial charge on any atom is -0.496 e. The number of rotatable bonds is 11. The molecule has 1 saturated heterocycles. The van der Waals surface area contributed by atoms with Crippen LogP contribution in [0.15, 0.2) is 77.7 Å². The van der Waals surface area contributed by atoms with E-state index in [1.807, 2.05) is 72.8 Å². The van der Waals surface area contributed by atoms with Crippen molar-refractivity contribution in [2.24, 2.45) is 5.92 Å². The van der Waals surface area contributed by atoms with E-state index in [0.29, 0.717) is 12.3 Å². The van der Waals surface area contributed by atoms with Gasteiger partial charge in [0.2, 0.25) is 0 Å². The fraction of sp³-hybridized carbons (Fsp3) is 0.375. The quantitative estimate of drug-likeness (QED) is 0.232. The molecule has 0 saturated carbocycles. The Balaban J connectivity index is 1.49. The van der Waals surface area contributed by atoms with Crippen LogP contribution in [0.25, 0.3) is 0 Å². The predicted molar refractivity (Wildman–Crippen MR) is 156 cm³/mol. The molecule has 1 amide bonds. The molecule has 4 rings (SSSR count). The van der Waals surface area contributed by atoms with Gasteiger partial charge in [-0.25, -0.2) is 0 Å². The Morgan fingerprint density at radius 3 is 2.29 bits per heavy atom. The van der Waals surface area contributed by atoms with Crippen molar-refractivity contribution in [3.05, 3.63) is 95.1 Å². The highest BCUT2D eigenvalue weighted by atomic mass is 32.2. The molecule has 0 aromatic heterocycles. The van der Waals surface area contributed by atoms with E-state index in [2.05, 4.69) is 12.2 Å². The van der Waals surface area contributed by atoms with Crippen LogP contribution in [0.3, 0.4) is 0 Å². The first-order valence-corrected chi connectivity index (χ1v) is 14.6. The maximum absolute atomic E-state index is 12.2. The van der Waals surface area contributed by atoms with Gasteiger partial charge in [-0.1, -0.05) is 67.6 Å². The summed E-state index contributed by atoms with van der Waals surface area (Å²) in [5, 5.41) is 12.3. The summed E-state index contributed by atoms with van der Waals surface area (Å²) in [5.41, 5.74) is 3.62. The third-order valence-electron chi connectivity index (χ3n) is 7.03. The van der Waals surface area contributed by atoms with Gasteiger partial charge >= 0.3 is 5.97 Å². The molecule has 1 aliphatic heterocycles. The lowest BCUT2D eigenvalue weighted by Crippen LogP contribution is -2.38. The van der Waals surface area contributed by atoms with Crippen molar-refractivity contribution < 1.29 is 33.6 Å². The average Bonchev–Trinajstić information content (AvgIpc) is 2.99. The van der Waals surface area contributed by atoms with Gasteiger partial charge in [-0.15, -0.1) is 11.8 Å². The zero-order valence-corrected chi connectivity index (χ0v) is 24.6. The Bertz CT molecular complexity index is 1300. The number of hydrogen-bond acceptors (Lipinski definition) is 8. The number of benzene rings is 3. The molecule has 0 spiro atoms. The highest BCUT2D eigenvalue weighted by Crippen LogP contribution is 2.43. The number of thioether (sulfide) groups is 1. The fourth-order valence-corrected chi connectivity index (χ4v) is 5.84. The van der Waals surface area contributed by atoms with Gasteiger partial charge in [-0.3, -0.25) is 9.59 Å². The second kappa shape index (κ2) is 14.5. The summed E-state index contributed by atoms with van der Waals surface area (Å²) in [6.45, 7) is 5.23. The van der Waals surface area contributed by atoms with Crippen LogP contribution >= 0.6 is 11.8 Å². The second-order valence-corrected chi connectivity index (χ2v) is 11.1. The number of hydrogen-bond donors (Lipinski definition) is 2. The van der Waals surface area contributed by atoms with Crippen molar-refractivity contribution in [2.45, 2.75) is 63.4 Å². The molecule has 9 heteroatoms. The van der Waals surface area contributed by atoms with Gasteiger partial charge in [0.1, 0.15) is 5.75 Å². The summed E-state index contributed by atoms with van der Waals surface area (Å²) in [7, 11) is 1.67. The highest BCUT2D eigenvalue weighted by molar-refractivity contribution is 7.99. The van der Waals surface area contributed by atoms with Crippen LogP contribution in [0.1, 0.15) is 55.4 Å². The maximum Gasteiger partial charge on any atom is 0.303 e. The van der Waals surface area contributed by atoms with Crippen LogP contribution in [-0.2, 0) is 37.0 Å². The molecule has 0 unspecified atom stereocenters. The molecule has 3 aromatic carbocycles. The first-order valence-electron chi connectivity index (χ1n) is 13.6. The number of methoxy groups -OCH3 is 1. The fourth-order valence-electron chi connectivity index (χ4n) is 4.65. The van der Waals surface area contributed by atoms with Gasteiger partial charge < -0.3 is 29.4 Å². The molecular weight excluding hydrogens is 542 g/mol. The number of aliphatic hydroxyl groups excluding tert-OH is 1. The number of amides is 1. The van der Waals surface area contributed by atoms with Crippen LogP contribution in [0.4, 0.5) is 0 Å². The molecule has 1 aliphatic rings. The van der Waals surface area contributed by atoms with Crippen LogP contribution in [0, 0.1) is 5.92 Å². The first-order chi connectivity index (χ1) is 19.8. The Kier molecular flexibility index (Phi) is 10.8. The number of carbonyl (C=O) groups is 2. The van der Waals surface area contributed by atoms with E-state index in [9.17, 15) is 14.7 Å². The molecule has 5 atom stereocenters. The average molecular weight is 580 g/mol. The number of aliphatic hydroxyl groups is 1. The van der Waals surface area contributed by atoms with Crippen molar-refractivity contribution in [2.75, 3.05) is 12.9 Å². The predicted octanol–water partition coefficient (Wildman–Crippen LogP) is 5.34. The zero-order valence-electron chi connectivity index (χ0n) is 23.7. The van der Waals surface area contributed by atoms with Crippen LogP contribution in [-0.4, -0.2) is 42.1 Å². The van der Waals surface area contributed by atoms with Gasteiger partial charge in [0.05, 0.1) is 25.9 Å². The molecular formula is C32H37NO7S. The van der Waals surface area contributed by atoms with Gasteiger partial charge in [-0.2, -0.15) is 0 Å². The smallest absolute Gasteiger partial charge is 0.303 e. The minimum absolute atomic E-state index is 0.0132. The molecule has 0 bridgehead atoms. The SMILES string of the molecule is COc1ccccc1SC[C@@H]1O[C@H](c2ccc(CNC(=O)[C@H](C)OC(C)=O)cc2)O[C@H](c2ccc(CO)cc2)[C@@H]1C. The standard InChI is InChI=1S/C32H37NO7S/c1-20-28(19-41-29-8-6-5-7-27(29)37-4)39-32(40-30(20)25-13-11-24(18-34)12-14-25)26-15-9-23(10-16-26)17-33-31(36)21(2)38-22(3)35/h5-16,20-21,28,30,32,34H,17-19H2,1-4H3,(H,33,36)/t20-,21+,28+,30+,32+/m1/s1. The summed E-state index contributed by atoms with van der Waals surface area (Å²) < 4.78 is 23.6. The number of esters is 1. The Hall–Kier alpha value is -3.37. The second-order valence-electron chi connectivity index (χ2n) is 9.99. The van der Waals surface area contributed by atoms with Crippen LogP contribution in [0.5, 0.6) is 5.75 Å². The molecule has 2 N–H and O–H groups in total. The van der Waals surface area contributed by atoms with Crippen molar-refractivity contribution >= 4 is 23.6 Å². The molecule has 0 radical (unpaired) electrons. The molecule has 218 valence electrons. The minimum atomic E-state index is -0.855. The van der Waals surface area contributed by atoms with Crippen molar-refractivity contribution in [3.8, 4) is 5.75 Å². The van der Waals surface area contributed by atoms with E-state index in [4.69, 9.17) is 18.9 Å². The summed E-state index contributed by atoms with van der Waals surface area (Å²) in [6, 6.07) is 23.5. The van der Waals surface area contributed by atoms with E-state index in [1.165, 1.54) is 13.8 Å². The number of ether oxygens (including phenoxy) is 4. The lowest BCUT2D eigenvalue weighted by molar-refractivity contribution is -0.268.